The molecule has 8 heavy (non-hydrogen) atoms. The fourth-order valence-corrected chi connectivity index (χ4v) is 0.682. The van der Waals surface area contributed by atoms with Crippen molar-refractivity contribution in [2.24, 2.45) is 5.84 Å². The molecule has 0 aromatic rings. The number of nitrogens with two attached hydrogens (primary N) is 1. The molecule has 0 saturated carbocycles. The summed E-state index contributed by atoms with van der Waals surface area (Å²) in [7, 11) is 0. The quantitative estimate of drug-likeness (QED) is 0.301. The van der Waals surface area contributed by atoms with Gasteiger partial charge in [-0.15, -0.1) is 0 Å². The molecule has 1 aliphatic heterocycles. The van der Waals surface area contributed by atoms with Crippen LogP contribution in [-0.4, -0.2) is 60.7 Å². The van der Waals surface area contributed by atoms with Crippen LogP contribution in [0.2, 0.25) is 0 Å². The van der Waals surface area contributed by atoms with Crippen LogP contribution in [0.3, 0.4) is 0 Å². The van der Waals surface area contributed by atoms with Crippen molar-refractivity contribution in [3.8, 4) is 0 Å². The summed E-state index contributed by atoms with van der Waals surface area (Å²) in [5.74, 6) is 5.43. The second kappa shape index (κ2) is 4.73. The van der Waals surface area contributed by atoms with Crippen molar-refractivity contribution in [1.29, 1.82) is 0 Å². The normalized spacial score (nSPS) is 22.1. The average Bonchev–Trinajstić information content (AvgIpc) is 1.69. The van der Waals surface area contributed by atoms with Gasteiger partial charge in [-0.25, -0.2) is 5.01 Å². The smallest absolute Gasteiger partial charge is 0.0254 e. The summed E-state index contributed by atoms with van der Waals surface area (Å²) in [5.41, 5.74) is 0. The summed E-state index contributed by atoms with van der Waals surface area (Å²) in [6.45, 7) is 4.05. The Morgan fingerprint density at radius 1 is 1.25 bits per heavy atom. The minimum atomic E-state index is 0. The van der Waals surface area contributed by atoms with Crippen molar-refractivity contribution in [2.45, 2.75) is 0 Å². The van der Waals surface area contributed by atoms with E-state index in [1.807, 2.05) is 5.01 Å². The SMILES string of the molecule is NN1CCNCC1.[Na]. The third kappa shape index (κ3) is 3.02. The Hall–Kier alpha value is 0.880. The standard InChI is InChI=1S/C4H11N3.Na/c5-7-3-1-6-2-4-7;/h6H,1-5H2;. The van der Waals surface area contributed by atoms with Gasteiger partial charge < -0.3 is 5.32 Å². The van der Waals surface area contributed by atoms with E-state index in [1.54, 1.807) is 0 Å². The van der Waals surface area contributed by atoms with E-state index in [0.717, 1.165) is 26.2 Å². The number of rotatable bonds is 0. The second-order valence-electron chi connectivity index (χ2n) is 1.79. The van der Waals surface area contributed by atoms with E-state index in [1.165, 1.54) is 0 Å². The molecular formula is C4H11N3Na. The largest absolute Gasteiger partial charge is 0.314 e. The Morgan fingerprint density at radius 2 is 1.75 bits per heavy atom. The van der Waals surface area contributed by atoms with Crippen molar-refractivity contribution >= 4 is 29.6 Å². The van der Waals surface area contributed by atoms with E-state index in [0.29, 0.717) is 0 Å². The molecule has 1 aliphatic rings. The Bertz CT molecular complexity index is 53.2. The van der Waals surface area contributed by atoms with E-state index < -0.39 is 0 Å². The summed E-state index contributed by atoms with van der Waals surface area (Å²) in [6.07, 6.45) is 0. The second-order valence-corrected chi connectivity index (χ2v) is 1.79. The van der Waals surface area contributed by atoms with Crippen molar-refractivity contribution in [2.75, 3.05) is 26.2 Å². The molecule has 0 bridgehead atoms. The van der Waals surface area contributed by atoms with Crippen LogP contribution in [0.4, 0.5) is 0 Å². The molecule has 1 fully saturated rings. The maximum absolute atomic E-state index is 5.43. The summed E-state index contributed by atoms with van der Waals surface area (Å²) >= 11 is 0. The first-order valence-corrected chi connectivity index (χ1v) is 2.60. The molecule has 0 unspecified atom stereocenters. The fraction of sp³-hybridized carbons (Fsp3) is 1.00. The first-order valence-electron chi connectivity index (χ1n) is 2.60. The van der Waals surface area contributed by atoms with Crippen molar-refractivity contribution < 1.29 is 0 Å². The summed E-state index contributed by atoms with van der Waals surface area (Å²) in [4.78, 5) is 0. The molecule has 4 heteroatoms. The number of hydrogen-bond acceptors (Lipinski definition) is 3. The fourth-order valence-electron chi connectivity index (χ4n) is 0.682. The Labute approximate surface area is 71.9 Å². The molecule has 0 aromatic carbocycles. The van der Waals surface area contributed by atoms with Gasteiger partial charge in [-0.2, -0.15) is 0 Å². The van der Waals surface area contributed by atoms with Crippen molar-refractivity contribution in [3.63, 3.8) is 0 Å². The van der Waals surface area contributed by atoms with Crippen molar-refractivity contribution in [1.82, 2.24) is 10.3 Å². The summed E-state index contributed by atoms with van der Waals surface area (Å²) in [6, 6.07) is 0. The molecule has 1 heterocycles. The van der Waals surface area contributed by atoms with Gasteiger partial charge in [0.25, 0.3) is 0 Å². The van der Waals surface area contributed by atoms with E-state index in [4.69, 9.17) is 5.84 Å². The topological polar surface area (TPSA) is 41.3 Å². The molecule has 0 spiro atoms. The molecule has 0 atom stereocenters. The maximum atomic E-state index is 5.43. The van der Waals surface area contributed by atoms with Gasteiger partial charge in [-0.05, 0) is 0 Å². The molecule has 1 saturated heterocycles. The summed E-state index contributed by atoms with van der Waals surface area (Å²) < 4.78 is 0. The molecule has 0 aromatic heterocycles. The number of nitrogens with zero attached hydrogens (tertiary/aromatic N) is 1. The molecule has 1 radical (unpaired) electrons. The van der Waals surface area contributed by atoms with Crippen LogP contribution < -0.4 is 11.2 Å². The van der Waals surface area contributed by atoms with Gasteiger partial charge in [0.2, 0.25) is 0 Å². The third-order valence-corrected chi connectivity index (χ3v) is 1.15. The number of hydrazine groups is 1. The van der Waals surface area contributed by atoms with Crippen LogP contribution in [0.15, 0.2) is 0 Å². The molecular weight excluding hydrogens is 113 g/mol. The van der Waals surface area contributed by atoms with E-state index >= 15 is 0 Å². The van der Waals surface area contributed by atoms with Gasteiger partial charge in [-0.1, -0.05) is 0 Å². The minimum Gasteiger partial charge on any atom is -0.314 e. The van der Waals surface area contributed by atoms with Crippen LogP contribution in [0.1, 0.15) is 0 Å². The van der Waals surface area contributed by atoms with Gasteiger partial charge >= 0.3 is 0 Å². The minimum absolute atomic E-state index is 0. The zero-order chi connectivity index (χ0) is 5.11. The van der Waals surface area contributed by atoms with Gasteiger partial charge in [0.05, 0.1) is 0 Å². The van der Waals surface area contributed by atoms with Crippen LogP contribution in [0.5, 0.6) is 0 Å². The number of hydrogen-bond donors (Lipinski definition) is 2. The zero-order valence-corrected chi connectivity index (χ0v) is 7.35. The predicted octanol–water partition coefficient (Wildman–Crippen LogP) is -1.62. The van der Waals surface area contributed by atoms with Gasteiger partial charge in [0.1, 0.15) is 0 Å². The van der Waals surface area contributed by atoms with Crippen LogP contribution in [0.25, 0.3) is 0 Å². The molecule has 43 valence electrons. The average molecular weight is 124 g/mol. The van der Waals surface area contributed by atoms with Crippen LogP contribution in [0, 0.1) is 0 Å². The van der Waals surface area contributed by atoms with Gasteiger partial charge in [0.15, 0.2) is 0 Å². The van der Waals surface area contributed by atoms with Crippen molar-refractivity contribution in [3.05, 3.63) is 0 Å². The monoisotopic (exact) mass is 124 g/mol. The Kier molecular flexibility index (Phi) is 5.25. The van der Waals surface area contributed by atoms with E-state index in [9.17, 15) is 0 Å². The maximum Gasteiger partial charge on any atom is 0.0254 e. The molecule has 0 aliphatic carbocycles. The van der Waals surface area contributed by atoms with Gasteiger partial charge in [-0.3, -0.25) is 5.84 Å². The summed E-state index contributed by atoms with van der Waals surface area (Å²) in [5, 5.41) is 5.02. The van der Waals surface area contributed by atoms with Crippen LogP contribution >= 0.6 is 0 Å². The van der Waals surface area contributed by atoms with Gasteiger partial charge in [0, 0.05) is 55.7 Å². The Balaban J connectivity index is 0.000000490. The zero-order valence-electron chi connectivity index (χ0n) is 5.35. The molecule has 0 amide bonds. The molecule has 3 N–H and O–H groups in total. The Morgan fingerprint density at radius 3 is 2.00 bits per heavy atom. The third-order valence-electron chi connectivity index (χ3n) is 1.15. The number of piperazine rings is 1. The predicted molar refractivity (Wildman–Crippen MR) is 34.4 cm³/mol. The first kappa shape index (κ1) is 8.88. The van der Waals surface area contributed by atoms with Crippen LogP contribution in [-0.2, 0) is 0 Å². The van der Waals surface area contributed by atoms with E-state index in [2.05, 4.69) is 5.32 Å². The van der Waals surface area contributed by atoms with E-state index in [-0.39, 0.29) is 29.6 Å². The molecule has 3 nitrogen and oxygen atoms in total. The number of nitrogens with one attached hydrogen (secondary N) is 1. The first-order chi connectivity index (χ1) is 3.39. The molecule has 1 rings (SSSR count).